The molecule has 0 fully saturated rings. The molecule has 176 valence electrons. The van der Waals surface area contributed by atoms with Crippen molar-refractivity contribution in [2.24, 2.45) is 0 Å². The van der Waals surface area contributed by atoms with Crippen LogP contribution in [0.3, 0.4) is 0 Å². The molecule has 0 saturated carbocycles. The fourth-order valence-corrected chi connectivity index (χ4v) is 4.37. The van der Waals surface area contributed by atoms with Gasteiger partial charge in [0.25, 0.3) is 23.6 Å². The third kappa shape index (κ3) is 4.06. The smallest absolute Gasteiger partial charge is 0.261 e. The Labute approximate surface area is 198 Å². The van der Waals surface area contributed by atoms with E-state index in [1.165, 1.54) is 9.80 Å². The molecular formula is C26H28N4O4. The largest absolute Gasteiger partial charge is 0.312 e. The van der Waals surface area contributed by atoms with Crippen LogP contribution in [0.25, 0.3) is 10.8 Å². The van der Waals surface area contributed by atoms with Crippen LogP contribution < -0.4 is 10.6 Å². The van der Waals surface area contributed by atoms with Gasteiger partial charge in [0.05, 0.1) is 0 Å². The highest BCUT2D eigenvalue weighted by atomic mass is 16.2. The number of nitrogens with one attached hydrogen (secondary N) is 2. The van der Waals surface area contributed by atoms with E-state index in [1.54, 1.807) is 24.3 Å². The standard InChI is InChI=1S/C26H28N4O4/c1-3-5-11-27-13-15-29-23(31)17-7-9-19-22-20(10-8-18(21(17)22)24(29)32)26(34)30(25(19)33)16-14-28-12-6-4-2/h3-10,27-28H,11-16H2,1-2H3. The van der Waals surface area contributed by atoms with Crippen molar-refractivity contribution < 1.29 is 19.2 Å². The number of rotatable bonds is 10. The third-order valence-electron chi connectivity index (χ3n) is 6.08. The summed E-state index contributed by atoms with van der Waals surface area (Å²) in [6.07, 6.45) is 7.74. The van der Waals surface area contributed by atoms with Crippen LogP contribution in [-0.4, -0.2) is 72.7 Å². The lowest BCUT2D eigenvalue weighted by atomic mass is 9.86. The fraction of sp³-hybridized carbons (Fsp3) is 0.308. The normalized spacial score (nSPS) is 15.6. The summed E-state index contributed by atoms with van der Waals surface area (Å²) in [5.41, 5.74) is 1.35. The van der Waals surface area contributed by atoms with Crippen LogP contribution in [0.4, 0.5) is 0 Å². The summed E-state index contributed by atoms with van der Waals surface area (Å²) in [6, 6.07) is 6.37. The zero-order valence-corrected chi connectivity index (χ0v) is 19.4. The number of imide groups is 2. The molecule has 8 heteroatoms. The summed E-state index contributed by atoms with van der Waals surface area (Å²) in [4.78, 5) is 55.2. The summed E-state index contributed by atoms with van der Waals surface area (Å²) in [6.45, 7) is 6.52. The summed E-state index contributed by atoms with van der Waals surface area (Å²) < 4.78 is 0. The molecule has 0 unspecified atom stereocenters. The molecule has 0 saturated heterocycles. The molecule has 4 amide bonds. The quantitative estimate of drug-likeness (QED) is 0.321. The first-order chi connectivity index (χ1) is 16.5. The SMILES string of the molecule is CC=CCNCCN1C(=O)c2ccc3c4c(ccc(c24)C1=O)C(=O)N(CCNCC=CC)C3=O. The van der Waals surface area contributed by atoms with Crippen LogP contribution in [0.15, 0.2) is 48.6 Å². The summed E-state index contributed by atoms with van der Waals surface area (Å²) in [5, 5.41) is 7.13. The van der Waals surface area contributed by atoms with E-state index in [0.29, 0.717) is 59.2 Å². The van der Waals surface area contributed by atoms with Gasteiger partial charge in [-0.3, -0.25) is 29.0 Å². The van der Waals surface area contributed by atoms with E-state index in [0.717, 1.165) is 0 Å². The van der Waals surface area contributed by atoms with Crippen molar-refractivity contribution in [1.82, 2.24) is 20.4 Å². The Hall–Kier alpha value is -3.62. The van der Waals surface area contributed by atoms with Crippen LogP contribution in [0.5, 0.6) is 0 Å². The molecule has 0 atom stereocenters. The van der Waals surface area contributed by atoms with Crippen molar-refractivity contribution in [2.45, 2.75) is 13.8 Å². The van der Waals surface area contributed by atoms with Gasteiger partial charge in [0.2, 0.25) is 0 Å². The van der Waals surface area contributed by atoms with Crippen molar-refractivity contribution in [2.75, 3.05) is 39.3 Å². The summed E-state index contributed by atoms with van der Waals surface area (Å²) in [5.74, 6) is -1.65. The Kier molecular flexibility index (Phi) is 7.00. The van der Waals surface area contributed by atoms with Crippen LogP contribution in [0, 0.1) is 0 Å². The minimum atomic E-state index is -0.412. The molecule has 2 aliphatic rings. The molecule has 4 rings (SSSR count). The molecule has 2 aromatic carbocycles. The number of hydrogen-bond donors (Lipinski definition) is 2. The third-order valence-corrected chi connectivity index (χ3v) is 6.08. The van der Waals surface area contributed by atoms with Gasteiger partial charge >= 0.3 is 0 Å². The van der Waals surface area contributed by atoms with E-state index in [4.69, 9.17) is 0 Å². The molecule has 8 nitrogen and oxygen atoms in total. The topological polar surface area (TPSA) is 98.8 Å². The summed E-state index contributed by atoms with van der Waals surface area (Å²) in [7, 11) is 0. The molecule has 34 heavy (non-hydrogen) atoms. The highest BCUT2D eigenvalue weighted by Gasteiger charge is 2.39. The molecule has 2 aromatic rings. The number of carbonyl (C=O) groups excluding carboxylic acids is 4. The molecule has 0 aromatic heterocycles. The first kappa shape index (κ1) is 23.5. The van der Waals surface area contributed by atoms with Gasteiger partial charge in [-0.25, -0.2) is 0 Å². The van der Waals surface area contributed by atoms with Gasteiger partial charge in [0.15, 0.2) is 0 Å². The number of carbonyl (C=O) groups is 4. The first-order valence-electron chi connectivity index (χ1n) is 11.5. The van der Waals surface area contributed by atoms with E-state index in [-0.39, 0.29) is 13.1 Å². The molecule has 0 bridgehead atoms. The molecule has 2 N–H and O–H groups in total. The number of nitrogens with zero attached hydrogens (tertiary/aromatic N) is 2. The van der Waals surface area contributed by atoms with E-state index in [9.17, 15) is 19.2 Å². The number of benzene rings is 2. The van der Waals surface area contributed by atoms with E-state index >= 15 is 0 Å². The molecule has 2 heterocycles. The monoisotopic (exact) mass is 460 g/mol. The van der Waals surface area contributed by atoms with Crippen molar-refractivity contribution >= 4 is 34.4 Å². The van der Waals surface area contributed by atoms with Gasteiger partial charge in [-0.2, -0.15) is 0 Å². The lowest BCUT2D eigenvalue weighted by Gasteiger charge is -2.32. The maximum Gasteiger partial charge on any atom is 0.261 e. The first-order valence-corrected chi connectivity index (χ1v) is 11.5. The average molecular weight is 461 g/mol. The maximum absolute atomic E-state index is 13.2. The second-order valence-corrected chi connectivity index (χ2v) is 8.14. The minimum absolute atomic E-state index is 0.228. The average Bonchev–Trinajstić information content (AvgIpc) is 2.84. The van der Waals surface area contributed by atoms with Gasteiger partial charge in [-0.1, -0.05) is 24.3 Å². The van der Waals surface area contributed by atoms with Crippen LogP contribution in [0.2, 0.25) is 0 Å². The van der Waals surface area contributed by atoms with Crippen molar-refractivity contribution in [3.8, 4) is 0 Å². The van der Waals surface area contributed by atoms with Gasteiger partial charge in [-0.15, -0.1) is 0 Å². The van der Waals surface area contributed by atoms with Gasteiger partial charge < -0.3 is 10.6 Å². The molecular weight excluding hydrogens is 432 g/mol. The highest BCUT2D eigenvalue weighted by molar-refractivity contribution is 6.33. The Morgan fingerprint density at radius 3 is 1.24 bits per heavy atom. The second-order valence-electron chi connectivity index (χ2n) is 8.14. The highest BCUT2D eigenvalue weighted by Crippen LogP contribution is 2.37. The van der Waals surface area contributed by atoms with Gasteiger partial charge in [0.1, 0.15) is 0 Å². The van der Waals surface area contributed by atoms with E-state index < -0.39 is 23.6 Å². The number of hydrogen-bond acceptors (Lipinski definition) is 6. The van der Waals surface area contributed by atoms with E-state index in [2.05, 4.69) is 10.6 Å². The van der Waals surface area contributed by atoms with Gasteiger partial charge in [0, 0.05) is 72.3 Å². The van der Waals surface area contributed by atoms with Crippen molar-refractivity contribution in [1.29, 1.82) is 0 Å². The fourth-order valence-electron chi connectivity index (χ4n) is 4.37. The molecule has 0 aliphatic carbocycles. The Morgan fingerprint density at radius 2 is 0.941 bits per heavy atom. The summed E-state index contributed by atoms with van der Waals surface area (Å²) >= 11 is 0. The second kappa shape index (κ2) is 10.1. The Balaban J connectivity index is 1.64. The maximum atomic E-state index is 13.2. The lowest BCUT2D eigenvalue weighted by Crippen LogP contribution is -2.46. The molecule has 2 aliphatic heterocycles. The molecule has 0 spiro atoms. The molecule has 0 radical (unpaired) electrons. The van der Waals surface area contributed by atoms with E-state index in [1.807, 2.05) is 38.2 Å². The Bertz CT molecular complexity index is 1070. The number of allylic oxidation sites excluding steroid dienone is 2. The Morgan fingerprint density at radius 1 is 0.618 bits per heavy atom. The van der Waals surface area contributed by atoms with Crippen LogP contribution >= 0.6 is 0 Å². The van der Waals surface area contributed by atoms with Crippen molar-refractivity contribution in [3.05, 3.63) is 70.8 Å². The van der Waals surface area contributed by atoms with Gasteiger partial charge in [-0.05, 0) is 38.1 Å². The van der Waals surface area contributed by atoms with Crippen molar-refractivity contribution in [3.63, 3.8) is 0 Å². The zero-order valence-electron chi connectivity index (χ0n) is 19.4. The predicted octanol–water partition coefficient (Wildman–Crippen LogP) is 2.36. The lowest BCUT2D eigenvalue weighted by molar-refractivity contribution is 0.0591. The number of amides is 4. The minimum Gasteiger partial charge on any atom is -0.312 e. The predicted molar refractivity (Wildman–Crippen MR) is 130 cm³/mol. The van der Waals surface area contributed by atoms with Crippen LogP contribution in [-0.2, 0) is 0 Å². The zero-order chi connectivity index (χ0) is 24.2. The van der Waals surface area contributed by atoms with Crippen LogP contribution in [0.1, 0.15) is 55.3 Å².